The highest BCUT2D eigenvalue weighted by Gasteiger charge is 2.28. The van der Waals surface area contributed by atoms with E-state index in [1.807, 2.05) is 0 Å². The molecular weight excluding hydrogens is 272 g/mol. The van der Waals surface area contributed by atoms with Gasteiger partial charge in [0.05, 0.1) is 6.61 Å². The number of aliphatic hydroxyl groups excluding tert-OH is 1. The van der Waals surface area contributed by atoms with Gasteiger partial charge < -0.3 is 15.7 Å². The highest BCUT2D eigenvalue weighted by molar-refractivity contribution is 9.09. The number of aliphatic hydroxyl groups is 1. The molecule has 1 unspecified atom stereocenters. The Morgan fingerprint density at radius 2 is 2.25 bits per heavy atom. The van der Waals surface area contributed by atoms with Crippen LogP contribution in [0.3, 0.4) is 0 Å². The van der Waals surface area contributed by atoms with Crippen LogP contribution in [0.15, 0.2) is 18.2 Å². The van der Waals surface area contributed by atoms with E-state index in [2.05, 4.69) is 15.9 Å². The number of nitrogens with zero attached hydrogens (tertiary/aromatic N) is 1. The molecule has 0 aromatic heterocycles. The molecule has 16 heavy (non-hydrogen) atoms. The molecule has 0 saturated carbocycles. The first-order chi connectivity index (χ1) is 7.60. The standard InChI is InChI=1S/C11H13BrN2O2/c12-8-3-11(16)14(5-8)10-2-7(6-15)1-9(13)4-10/h1-2,4,8,15H,3,5-6,13H2. The Morgan fingerprint density at radius 1 is 1.50 bits per heavy atom. The number of nitrogens with two attached hydrogens (primary N) is 1. The molecule has 5 heteroatoms. The lowest BCUT2D eigenvalue weighted by Crippen LogP contribution is -2.24. The molecule has 0 aliphatic carbocycles. The number of alkyl halides is 1. The highest BCUT2D eigenvalue weighted by atomic mass is 79.9. The van der Waals surface area contributed by atoms with Crippen molar-refractivity contribution in [2.24, 2.45) is 0 Å². The van der Waals surface area contributed by atoms with Gasteiger partial charge >= 0.3 is 0 Å². The molecule has 1 fully saturated rings. The number of rotatable bonds is 2. The van der Waals surface area contributed by atoms with Crippen LogP contribution in [0.2, 0.25) is 0 Å². The normalized spacial score (nSPS) is 20.5. The van der Waals surface area contributed by atoms with Crippen molar-refractivity contribution in [1.29, 1.82) is 0 Å². The number of anilines is 2. The van der Waals surface area contributed by atoms with Crippen molar-refractivity contribution in [3.05, 3.63) is 23.8 Å². The SMILES string of the molecule is Nc1cc(CO)cc(N2CC(Br)CC2=O)c1. The zero-order chi connectivity index (χ0) is 11.7. The Balaban J connectivity index is 2.33. The summed E-state index contributed by atoms with van der Waals surface area (Å²) < 4.78 is 0. The van der Waals surface area contributed by atoms with Crippen LogP contribution in [0.5, 0.6) is 0 Å². The van der Waals surface area contributed by atoms with E-state index >= 15 is 0 Å². The molecule has 1 aromatic rings. The van der Waals surface area contributed by atoms with Gasteiger partial charge in [0.1, 0.15) is 0 Å². The van der Waals surface area contributed by atoms with Crippen molar-refractivity contribution in [1.82, 2.24) is 0 Å². The fraction of sp³-hybridized carbons (Fsp3) is 0.364. The summed E-state index contributed by atoms with van der Waals surface area (Å²) in [7, 11) is 0. The predicted octanol–water partition coefficient (Wildman–Crippen LogP) is 1.26. The molecule has 1 aromatic carbocycles. The van der Waals surface area contributed by atoms with Crippen molar-refractivity contribution in [2.75, 3.05) is 17.2 Å². The molecule has 3 N–H and O–H groups in total. The zero-order valence-electron chi connectivity index (χ0n) is 8.69. The average molecular weight is 285 g/mol. The first-order valence-corrected chi connectivity index (χ1v) is 5.96. The van der Waals surface area contributed by atoms with Gasteiger partial charge in [-0.15, -0.1) is 0 Å². The second-order valence-corrected chi connectivity index (χ2v) is 5.19. The highest BCUT2D eigenvalue weighted by Crippen LogP contribution is 2.27. The molecule has 0 radical (unpaired) electrons. The molecule has 86 valence electrons. The summed E-state index contributed by atoms with van der Waals surface area (Å²) in [6.07, 6.45) is 0.503. The molecule has 1 saturated heterocycles. The van der Waals surface area contributed by atoms with Gasteiger partial charge in [-0.2, -0.15) is 0 Å². The van der Waals surface area contributed by atoms with E-state index in [1.165, 1.54) is 0 Å². The summed E-state index contributed by atoms with van der Waals surface area (Å²) in [6.45, 7) is 0.574. The maximum absolute atomic E-state index is 11.7. The van der Waals surface area contributed by atoms with E-state index < -0.39 is 0 Å². The van der Waals surface area contributed by atoms with Crippen LogP contribution in [-0.2, 0) is 11.4 Å². The van der Waals surface area contributed by atoms with Crippen LogP contribution < -0.4 is 10.6 Å². The number of hydrogen-bond donors (Lipinski definition) is 2. The maximum atomic E-state index is 11.7. The Hall–Kier alpha value is -1.07. The van der Waals surface area contributed by atoms with Crippen LogP contribution in [0.4, 0.5) is 11.4 Å². The van der Waals surface area contributed by atoms with Crippen molar-refractivity contribution < 1.29 is 9.90 Å². The summed E-state index contributed by atoms with van der Waals surface area (Å²) in [5, 5.41) is 9.08. The van der Waals surface area contributed by atoms with Crippen molar-refractivity contribution in [3.63, 3.8) is 0 Å². The molecule has 0 bridgehead atoms. The molecule has 1 atom stereocenters. The van der Waals surface area contributed by atoms with Gasteiger partial charge in [0, 0.05) is 29.2 Å². The number of amides is 1. The van der Waals surface area contributed by atoms with Gasteiger partial charge in [0.2, 0.25) is 5.91 Å². The number of benzene rings is 1. The van der Waals surface area contributed by atoms with E-state index in [0.29, 0.717) is 18.7 Å². The number of halogens is 1. The molecule has 1 heterocycles. The van der Waals surface area contributed by atoms with Crippen LogP contribution in [-0.4, -0.2) is 22.4 Å². The largest absolute Gasteiger partial charge is 0.399 e. The van der Waals surface area contributed by atoms with E-state index in [4.69, 9.17) is 10.8 Å². The second-order valence-electron chi connectivity index (χ2n) is 3.90. The summed E-state index contributed by atoms with van der Waals surface area (Å²) in [5.41, 5.74) is 7.77. The number of carbonyl (C=O) groups excluding carboxylic acids is 1. The van der Waals surface area contributed by atoms with Gasteiger partial charge in [-0.1, -0.05) is 15.9 Å². The van der Waals surface area contributed by atoms with E-state index in [1.54, 1.807) is 23.1 Å². The Morgan fingerprint density at radius 3 is 2.81 bits per heavy atom. The molecule has 1 aliphatic rings. The number of carbonyl (C=O) groups is 1. The Labute approximate surface area is 102 Å². The lowest BCUT2D eigenvalue weighted by Gasteiger charge is -2.17. The van der Waals surface area contributed by atoms with Gasteiger partial charge in [-0.25, -0.2) is 0 Å². The van der Waals surface area contributed by atoms with Gasteiger partial charge in [-0.05, 0) is 23.8 Å². The molecule has 1 aliphatic heterocycles. The summed E-state index contributed by atoms with van der Waals surface area (Å²) >= 11 is 3.43. The molecule has 0 spiro atoms. The van der Waals surface area contributed by atoms with Crippen molar-refractivity contribution in [3.8, 4) is 0 Å². The monoisotopic (exact) mass is 284 g/mol. The minimum atomic E-state index is -0.0716. The molecule has 2 rings (SSSR count). The third-order valence-electron chi connectivity index (χ3n) is 2.57. The quantitative estimate of drug-likeness (QED) is 0.635. The first kappa shape index (κ1) is 11.4. The van der Waals surface area contributed by atoms with Crippen LogP contribution in [0.1, 0.15) is 12.0 Å². The number of nitrogen functional groups attached to an aromatic ring is 1. The topological polar surface area (TPSA) is 66.6 Å². The van der Waals surface area contributed by atoms with Gasteiger partial charge in [-0.3, -0.25) is 4.79 Å². The Kier molecular flexibility index (Phi) is 3.16. The van der Waals surface area contributed by atoms with Crippen LogP contribution in [0, 0.1) is 0 Å². The fourth-order valence-corrected chi connectivity index (χ4v) is 2.43. The molecule has 1 amide bonds. The van der Waals surface area contributed by atoms with E-state index in [0.717, 1.165) is 11.3 Å². The van der Waals surface area contributed by atoms with Crippen molar-refractivity contribution in [2.45, 2.75) is 17.9 Å². The van der Waals surface area contributed by atoms with Crippen LogP contribution in [0.25, 0.3) is 0 Å². The smallest absolute Gasteiger partial charge is 0.228 e. The summed E-state index contributed by atoms with van der Waals surface area (Å²) in [6, 6.07) is 5.25. The van der Waals surface area contributed by atoms with E-state index in [-0.39, 0.29) is 17.3 Å². The average Bonchev–Trinajstić information content (AvgIpc) is 2.57. The predicted molar refractivity (Wildman–Crippen MR) is 66.5 cm³/mol. The third kappa shape index (κ3) is 2.20. The number of hydrogen-bond acceptors (Lipinski definition) is 3. The minimum absolute atomic E-state index is 0.0716. The fourth-order valence-electron chi connectivity index (χ4n) is 1.86. The summed E-state index contributed by atoms with van der Waals surface area (Å²) in [5.74, 6) is 0.0800. The van der Waals surface area contributed by atoms with Crippen molar-refractivity contribution >= 4 is 33.2 Å². The van der Waals surface area contributed by atoms with Gasteiger partial charge in [0.15, 0.2) is 0 Å². The molecule has 4 nitrogen and oxygen atoms in total. The van der Waals surface area contributed by atoms with E-state index in [9.17, 15) is 4.79 Å². The van der Waals surface area contributed by atoms with Gasteiger partial charge in [0.25, 0.3) is 0 Å². The maximum Gasteiger partial charge on any atom is 0.228 e. The van der Waals surface area contributed by atoms with Crippen LogP contribution >= 0.6 is 15.9 Å². The third-order valence-corrected chi connectivity index (χ3v) is 3.19. The zero-order valence-corrected chi connectivity index (χ0v) is 10.3. The lowest BCUT2D eigenvalue weighted by molar-refractivity contribution is -0.117. The second kappa shape index (κ2) is 4.43. The molecular formula is C11H13BrN2O2. The lowest BCUT2D eigenvalue weighted by atomic mass is 10.1. The minimum Gasteiger partial charge on any atom is -0.399 e. The summed E-state index contributed by atoms with van der Waals surface area (Å²) in [4.78, 5) is 13.6. The Bertz CT molecular complexity index is 422. The first-order valence-electron chi connectivity index (χ1n) is 5.05.